The Morgan fingerprint density at radius 2 is 1.86 bits per heavy atom. The fourth-order valence-corrected chi connectivity index (χ4v) is 3.07. The van der Waals surface area contributed by atoms with Crippen LogP contribution in [0.1, 0.15) is 21.1 Å². The van der Waals surface area contributed by atoms with Gasteiger partial charge in [-0.05, 0) is 31.0 Å². The molecule has 0 atom stereocenters. The molecule has 0 radical (unpaired) electrons. The third-order valence-electron chi connectivity index (χ3n) is 3.23. The molecule has 1 aromatic carbocycles. The minimum absolute atomic E-state index is 0.231. The second kappa shape index (κ2) is 6.07. The number of pyridine rings is 1. The van der Waals surface area contributed by atoms with Gasteiger partial charge in [-0.1, -0.05) is 36.4 Å². The molecule has 110 valence electrons. The molecule has 2 aromatic heterocycles. The van der Waals surface area contributed by atoms with Crippen LogP contribution in [0, 0.1) is 13.8 Å². The molecule has 1 amide bonds. The second-order valence-corrected chi connectivity index (χ2v) is 6.10. The zero-order valence-electron chi connectivity index (χ0n) is 12.3. The lowest BCUT2D eigenvalue weighted by atomic mass is 10.1. The summed E-state index contributed by atoms with van der Waals surface area (Å²) in [6.07, 6.45) is 1.66. The Kier molecular flexibility index (Phi) is 3.98. The molecule has 5 heteroatoms. The van der Waals surface area contributed by atoms with Crippen LogP contribution in [0.2, 0.25) is 0 Å². The standard InChI is InChI=1S/C17H15N3OS/c1-11-7-6-10-18-16(11)20-17(21)14-15(22-12(2)19-14)13-8-4-3-5-9-13/h3-10H,1-2H3,(H,18,20,21). The van der Waals surface area contributed by atoms with Crippen molar-refractivity contribution >= 4 is 23.1 Å². The van der Waals surface area contributed by atoms with Gasteiger partial charge < -0.3 is 5.32 Å². The highest BCUT2D eigenvalue weighted by atomic mass is 32.1. The minimum Gasteiger partial charge on any atom is -0.305 e. The molecule has 0 aliphatic heterocycles. The lowest BCUT2D eigenvalue weighted by Crippen LogP contribution is -2.15. The first-order valence-electron chi connectivity index (χ1n) is 6.91. The van der Waals surface area contributed by atoms with Gasteiger partial charge >= 0.3 is 0 Å². The molecule has 0 aliphatic rings. The van der Waals surface area contributed by atoms with Gasteiger partial charge in [0.15, 0.2) is 0 Å². The topological polar surface area (TPSA) is 54.9 Å². The molecule has 0 fully saturated rings. The predicted octanol–water partition coefficient (Wildman–Crippen LogP) is 4.07. The van der Waals surface area contributed by atoms with Gasteiger partial charge in [0.1, 0.15) is 11.5 Å². The number of carbonyl (C=O) groups is 1. The van der Waals surface area contributed by atoms with Gasteiger partial charge in [0.25, 0.3) is 5.91 Å². The molecule has 0 bridgehead atoms. The molecular formula is C17H15N3OS. The fraction of sp³-hybridized carbons (Fsp3) is 0.118. The largest absolute Gasteiger partial charge is 0.305 e. The van der Waals surface area contributed by atoms with Crippen molar-refractivity contribution in [2.45, 2.75) is 13.8 Å². The Balaban J connectivity index is 1.95. The maximum absolute atomic E-state index is 12.6. The summed E-state index contributed by atoms with van der Waals surface area (Å²) in [5, 5.41) is 3.71. The lowest BCUT2D eigenvalue weighted by molar-refractivity contribution is 0.102. The van der Waals surface area contributed by atoms with E-state index in [9.17, 15) is 4.79 Å². The van der Waals surface area contributed by atoms with E-state index in [4.69, 9.17) is 0 Å². The van der Waals surface area contributed by atoms with Gasteiger partial charge in [0.2, 0.25) is 0 Å². The predicted molar refractivity (Wildman–Crippen MR) is 89.2 cm³/mol. The number of rotatable bonds is 3. The number of nitrogens with one attached hydrogen (secondary N) is 1. The van der Waals surface area contributed by atoms with Crippen molar-refractivity contribution in [3.8, 4) is 10.4 Å². The molecular weight excluding hydrogens is 294 g/mol. The first-order chi connectivity index (χ1) is 10.6. The SMILES string of the molecule is Cc1nc(C(=O)Nc2ncccc2C)c(-c2ccccc2)s1. The van der Waals surface area contributed by atoms with Crippen molar-refractivity contribution in [3.05, 3.63) is 64.9 Å². The summed E-state index contributed by atoms with van der Waals surface area (Å²) in [5.74, 6) is 0.335. The molecule has 2 heterocycles. The zero-order chi connectivity index (χ0) is 15.5. The summed E-state index contributed by atoms with van der Waals surface area (Å²) in [6.45, 7) is 3.81. The van der Waals surface area contributed by atoms with E-state index < -0.39 is 0 Å². The molecule has 3 aromatic rings. The third-order valence-corrected chi connectivity index (χ3v) is 4.25. The number of hydrogen-bond donors (Lipinski definition) is 1. The minimum atomic E-state index is -0.231. The quantitative estimate of drug-likeness (QED) is 0.793. The van der Waals surface area contributed by atoms with Gasteiger partial charge in [-0.3, -0.25) is 4.79 Å². The molecule has 0 saturated heterocycles. The second-order valence-electron chi connectivity index (χ2n) is 4.90. The number of hydrogen-bond acceptors (Lipinski definition) is 4. The van der Waals surface area contributed by atoms with Gasteiger partial charge in [0.05, 0.1) is 9.88 Å². The summed E-state index contributed by atoms with van der Waals surface area (Å²) >= 11 is 1.52. The Labute approximate surface area is 132 Å². The van der Waals surface area contributed by atoms with E-state index in [1.807, 2.05) is 56.3 Å². The summed E-state index contributed by atoms with van der Waals surface area (Å²) < 4.78 is 0. The van der Waals surface area contributed by atoms with Gasteiger partial charge in [0, 0.05) is 6.20 Å². The number of carbonyl (C=O) groups excluding carboxylic acids is 1. The first kappa shape index (κ1) is 14.4. The van der Waals surface area contributed by atoms with E-state index in [-0.39, 0.29) is 5.91 Å². The highest BCUT2D eigenvalue weighted by Gasteiger charge is 2.19. The van der Waals surface area contributed by atoms with Crippen molar-refractivity contribution < 1.29 is 4.79 Å². The average Bonchev–Trinajstić information content (AvgIpc) is 2.92. The van der Waals surface area contributed by atoms with Crippen molar-refractivity contribution in [1.29, 1.82) is 0 Å². The summed E-state index contributed by atoms with van der Waals surface area (Å²) in [6, 6.07) is 13.6. The molecule has 1 N–H and O–H groups in total. The zero-order valence-corrected chi connectivity index (χ0v) is 13.1. The van der Waals surface area contributed by atoms with E-state index in [0.717, 1.165) is 21.0 Å². The fourth-order valence-electron chi connectivity index (χ4n) is 2.15. The van der Waals surface area contributed by atoms with Crippen LogP contribution in [0.15, 0.2) is 48.7 Å². The van der Waals surface area contributed by atoms with E-state index in [1.165, 1.54) is 11.3 Å². The smallest absolute Gasteiger partial charge is 0.276 e. The Hall–Kier alpha value is -2.53. The normalized spacial score (nSPS) is 10.5. The molecule has 0 saturated carbocycles. The summed E-state index contributed by atoms with van der Waals surface area (Å²) in [5.41, 5.74) is 2.36. The maximum atomic E-state index is 12.6. The molecule has 0 aliphatic carbocycles. The number of aryl methyl sites for hydroxylation is 2. The first-order valence-corrected chi connectivity index (χ1v) is 7.72. The van der Waals surface area contributed by atoms with Crippen molar-refractivity contribution in [1.82, 2.24) is 9.97 Å². The molecule has 22 heavy (non-hydrogen) atoms. The van der Waals surface area contributed by atoms with Crippen LogP contribution in [0.5, 0.6) is 0 Å². The number of aromatic nitrogens is 2. The van der Waals surface area contributed by atoms with E-state index in [2.05, 4.69) is 15.3 Å². The van der Waals surface area contributed by atoms with Gasteiger partial charge in [-0.2, -0.15) is 0 Å². The van der Waals surface area contributed by atoms with E-state index in [0.29, 0.717) is 11.5 Å². The van der Waals surface area contributed by atoms with Crippen molar-refractivity contribution in [2.24, 2.45) is 0 Å². The summed E-state index contributed by atoms with van der Waals surface area (Å²) in [4.78, 5) is 22.0. The van der Waals surface area contributed by atoms with Crippen molar-refractivity contribution in [3.63, 3.8) is 0 Å². The molecule has 0 unspecified atom stereocenters. The summed E-state index contributed by atoms with van der Waals surface area (Å²) in [7, 11) is 0. The van der Waals surface area contributed by atoms with Crippen molar-refractivity contribution in [2.75, 3.05) is 5.32 Å². The lowest BCUT2D eigenvalue weighted by Gasteiger charge is -2.06. The number of anilines is 1. The van der Waals surface area contributed by atoms with E-state index >= 15 is 0 Å². The van der Waals surface area contributed by atoms with E-state index in [1.54, 1.807) is 6.20 Å². The Morgan fingerprint density at radius 1 is 1.09 bits per heavy atom. The third kappa shape index (κ3) is 2.89. The monoisotopic (exact) mass is 309 g/mol. The van der Waals surface area contributed by atoms with Crippen LogP contribution < -0.4 is 5.32 Å². The van der Waals surface area contributed by atoms with Crippen LogP contribution in [-0.4, -0.2) is 15.9 Å². The Bertz CT molecular complexity index is 812. The van der Waals surface area contributed by atoms with Gasteiger partial charge in [-0.25, -0.2) is 9.97 Å². The number of benzene rings is 1. The van der Waals surface area contributed by atoms with Gasteiger partial charge in [-0.15, -0.1) is 11.3 Å². The molecule has 4 nitrogen and oxygen atoms in total. The number of thiazole rings is 1. The van der Waals surface area contributed by atoms with Crippen LogP contribution >= 0.6 is 11.3 Å². The molecule has 0 spiro atoms. The van der Waals surface area contributed by atoms with Crippen LogP contribution in [-0.2, 0) is 0 Å². The maximum Gasteiger partial charge on any atom is 0.276 e. The highest BCUT2D eigenvalue weighted by molar-refractivity contribution is 7.15. The van der Waals surface area contributed by atoms with Crippen LogP contribution in [0.3, 0.4) is 0 Å². The van der Waals surface area contributed by atoms with Crippen LogP contribution in [0.25, 0.3) is 10.4 Å². The number of amides is 1. The van der Waals surface area contributed by atoms with Crippen LogP contribution in [0.4, 0.5) is 5.82 Å². The average molecular weight is 309 g/mol. The molecule has 3 rings (SSSR count). The highest BCUT2D eigenvalue weighted by Crippen LogP contribution is 2.30. The number of nitrogens with zero attached hydrogens (tertiary/aromatic N) is 2. The Morgan fingerprint density at radius 3 is 2.59 bits per heavy atom.